The van der Waals surface area contributed by atoms with E-state index < -0.39 is 6.10 Å². The van der Waals surface area contributed by atoms with E-state index in [1.807, 2.05) is 50.2 Å². The SMILES string of the molecule is CC[C@@H](NC(=O)[C@@H](C)Oc1ccc(C)cc1)c1ccc(OC)c(C)c1. The van der Waals surface area contributed by atoms with E-state index in [9.17, 15) is 4.79 Å². The van der Waals surface area contributed by atoms with Crippen LogP contribution in [0.4, 0.5) is 0 Å². The lowest BCUT2D eigenvalue weighted by molar-refractivity contribution is -0.128. The van der Waals surface area contributed by atoms with Gasteiger partial charge in [0.05, 0.1) is 13.2 Å². The molecule has 1 N–H and O–H groups in total. The Morgan fingerprint density at radius 3 is 2.36 bits per heavy atom. The van der Waals surface area contributed by atoms with Crippen molar-refractivity contribution in [3.63, 3.8) is 0 Å². The molecule has 25 heavy (non-hydrogen) atoms. The quantitative estimate of drug-likeness (QED) is 0.814. The molecule has 0 aliphatic carbocycles. The number of benzene rings is 2. The molecule has 0 aliphatic rings. The Kier molecular flexibility index (Phi) is 6.45. The highest BCUT2D eigenvalue weighted by Crippen LogP contribution is 2.24. The van der Waals surface area contributed by atoms with Crippen molar-refractivity contribution in [2.45, 2.75) is 46.3 Å². The van der Waals surface area contributed by atoms with Crippen LogP contribution >= 0.6 is 0 Å². The highest BCUT2D eigenvalue weighted by Gasteiger charge is 2.19. The molecule has 2 rings (SSSR count). The molecule has 4 nitrogen and oxygen atoms in total. The third-order valence-corrected chi connectivity index (χ3v) is 4.25. The average Bonchev–Trinajstić information content (AvgIpc) is 2.61. The maximum absolute atomic E-state index is 12.5. The first-order valence-electron chi connectivity index (χ1n) is 8.62. The van der Waals surface area contributed by atoms with Crippen LogP contribution < -0.4 is 14.8 Å². The Balaban J connectivity index is 2.03. The van der Waals surface area contributed by atoms with Gasteiger partial charge in [-0.15, -0.1) is 0 Å². The number of carbonyl (C=O) groups is 1. The third kappa shape index (κ3) is 4.99. The molecule has 2 aromatic carbocycles. The highest BCUT2D eigenvalue weighted by molar-refractivity contribution is 5.81. The predicted octanol–water partition coefficient (Wildman–Crippen LogP) is 4.35. The zero-order chi connectivity index (χ0) is 18.4. The fraction of sp³-hybridized carbons (Fsp3) is 0.381. The molecule has 2 atom stereocenters. The maximum Gasteiger partial charge on any atom is 0.261 e. The molecule has 4 heteroatoms. The molecular weight excluding hydrogens is 314 g/mol. The number of amides is 1. The van der Waals surface area contributed by atoms with Crippen molar-refractivity contribution in [2.75, 3.05) is 7.11 Å². The Labute approximate surface area is 150 Å². The van der Waals surface area contributed by atoms with E-state index in [0.29, 0.717) is 5.75 Å². The van der Waals surface area contributed by atoms with Crippen molar-refractivity contribution >= 4 is 5.91 Å². The van der Waals surface area contributed by atoms with Crippen LogP contribution in [0.15, 0.2) is 42.5 Å². The molecule has 0 radical (unpaired) electrons. The van der Waals surface area contributed by atoms with Crippen LogP contribution in [0.3, 0.4) is 0 Å². The number of hydrogen-bond donors (Lipinski definition) is 1. The minimum Gasteiger partial charge on any atom is -0.496 e. The second-order valence-corrected chi connectivity index (χ2v) is 6.27. The molecule has 0 fully saturated rings. The van der Waals surface area contributed by atoms with Crippen LogP contribution in [0.1, 0.15) is 43.0 Å². The van der Waals surface area contributed by atoms with Gasteiger partial charge in [0.15, 0.2) is 6.10 Å². The lowest BCUT2D eigenvalue weighted by Crippen LogP contribution is -2.38. The summed E-state index contributed by atoms with van der Waals surface area (Å²) in [6.45, 7) is 7.83. The summed E-state index contributed by atoms with van der Waals surface area (Å²) in [6.07, 6.45) is 0.241. The van der Waals surface area contributed by atoms with Crippen LogP contribution in [0, 0.1) is 13.8 Å². The fourth-order valence-electron chi connectivity index (χ4n) is 2.70. The normalized spacial score (nSPS) is 13.0. The van der Waals surface area contributed by atoms with Gasteiger partial charge in [-0.2, -0.15) is 0 Å². The molecule has 0 saturated heterocycles. The molecule has 0 aromatic heterocycles. The number of hydrogen-bond acceptors (Lipinski definition) is 3. The van der Waals surface area contributed by atoms with E-state index in [-0.39, 0.29) is 11.9 Å². The minimum atomic E-state index is -0.559. The Bertz CT molecular complexity index is 710. The van der Waals surface area contributed by atoms with E-state index in [4.69, 9.17) is 9.47 Å². The lowest BCUT2D eigenvalue weighted by atomic mass is 10.0. The second-order valence-electron chi connectivity index (χ2n) is 6.27. The number of carbonyl (C=O) groups excluding carboxylic acids is 1. The lowest BCUT2D eigenvalue weighted by Gasteiger charge is -2.22. The third-order valence-electron chi connectivity index (χ3n) is 4.25. The first-order valence-corrected chi connectivity index (χ1v) is 8.62. The van der Waals surface area contributed by atoms with Gasteiger partial charge >= 0.3 is 0 Å². The number of rotatable bonds is 7. The predicted molar refractivity (Wildman–Crippen MR) is 100 cm³/mol. The van der Waals surface area contributed by atoms with Crippen molar-refractivity contribution in [1.29, 1.82) is 0 Å². The van der Waals surface area contributed by atoms with Crippen molar-refractivity contribution < 1.29 is 14.3 Å². The monoisotopic (exact) mass is 341 g/mol. The van der Waals surface area contributed by atoms with Gasteiger partial charge in [0, 0.05) is 0 Å². The summed E-state index contributed by atoms with van der Waals surface area (Å²) >= 11 is 0. The molecule has 2 aromatic rings. The molecule has 0 spiro atoms. The van der Waals surface area contributed by atoms with Gasteiger partial charge in [0.1, 0.15) is 11.5 Å². The van der Waals surface area contributed by atoms with Gasteiger partial charge in [-0.05, 0) is 56.5 Å². The first kappa shape index (κ1) is 18.8. The Morgan fingerprint density at radius 1 is 1.12 bits per heavy atom. The molecule has 0 aliphatic heterocycles. The van der Waals surface area contributed by atoms with Crippen LogP contribution in [0.25, 0.3) is 0 Å². The summed E-state index contributed by atoms with van der Waals surface area (Å²) in [5.41, 5.74) is 3.28. The number of methoxy groups -OCH3 is 1. The Morgan fingerprint density at radius 2 is 1.80 bits per heavy atom. The fourth-order valence-corrected chi connectivity index (χ4v) is 2.70. The van der Waals surface area contributed by atoms with Crippen LogP contribution in [0.2, 0.25) is 0 Å². The van der Waals surface area contributed by atoms with Crippen molar-refractivity contribution in [1.82, 2.24) is 5.32 Å². The van der Waals surface area contributed by atoms with Gasteiger partial charge in [0.25, 0.3) is 5.91 Å². The molecule has 0 heterocycles. The van der Waals surface area contributed by atoms with E-state index in [0.717, 1.165) is 28.9 Å². The van der Waals surface area contributed by atoms with E-state index in [1.54, 1.807) is 14.0 Å². The summed E-state index contributed by atoms with van der Waals surface area (Å²) in [4.78, 5) is 12.5. The van der Waals surface area contributed by atoms with Gasteiger partial charge in [-0.3, -0.25) is 4.79 Å². The molecule has 0 bridgehead atoms. The zero-order valence-corrected chi connectivity index (χ0v) is 15.6. The van der Waals surface area contributed by atoms with Crippen LogP contribution in [-0.2, 0) is 4.79 Å². The smallest absolute Gasteiger partial charge is 0.261 e. The molecule has 0 unspecified atom stereocenters. The van der Waals surface area contributed by atoms with Crippen molar-refractivity contribution in [3.05, 3.63) is 59.2 Å². The molecule has 0 saturated carbocycles. The van der Waals surface area contributed by atoms with E-state index in [1.165, 1.54) is 0 Å². The molecular formula is C21H27NO3. The van der Waals surface area contributed by atoms with E-state index in [2.05, 4.69) is 18.3 Å². The zero-order valence-electron chi connectivity index (χ0n) is 15.6. The maximum atomic E-state index is 12.5. The summed E-state index contributed by atoms with van der Waals surface area (Å²) in [5, 5.41) is 3.07. The summed E-state index contributed by atoms with van der Waals surface area (Å²) in [5.74, 6) is 1.42. The first-order chi connectivity index (χ1) is 11.9. The van der Waals surface area contributed by atoms with Gasteiger partial charge in [-0.1, -0.05) is 36.8 Å². The van der Waals surface area contributed by atoms with Crippen molar-refractivity contribution in [2.24, 2.45) is 0 Å². The van der Waals surface area contributed by atoms with Crippen LogP contribution in [-0.4, -0.2) is 19.1 Å². The summed E-state index contributed by atoms with van der Waals surface area (Å²) in [7, 11) is 1.66. The summed E-state index contributed by atoms with van der Waals surface area (Å²) in [6, 6.07) is 13.6. The average molecular weight is 341 g/mol. The van der Waals surface area contributed by atoms with Gasteiger partial charge in [0.2, 0.25) is 0 Å². The van der Waals surface area contributed by atoms with Crippen LogP contribution in [0.5, 0.6) is 11.5 Å². The van der Waals surface area contributed by atoms with Crippen molar-refractivity contribution in [3.8, 4) is 11.5 Å². The van der Waals surface area contributed by atoms with Gasteiger partial charge < -0.3 is 14.8 Å². The molecule has 1 amide bonds. The number of ether oxygens (including phenoxy) is 2. The van der Waals surface area contributed by atoms with E-state index >= 15 is 0 Å². The number of aryl methyl sites for hydroxylation is 2. The summed E-state index contributed by atoms with van der Waals surface area (Å²) < 4.78 is 11.0. The topological polar surface area (TPSA) is 47.6 Å². The minimum absolute atomic E-state index is 0.0545. The standard InChI is InChI=1S/C21H27NO3/c1-6-19(17-9-12-20(24-5)15(3)13-17)22-21(23)16(4)25-18-10-7-14(2)8-11-18/h7-13,16,19H,6H2,1-5H3,(H,22,23)/t16-,19-/m1/s1. The second kappa shape index (κ2) is 8.56. The largest absolute Gasteiger partial charge is 0.496 e. The Hall–Kier alpha value is -2.49. The van der Waals surface area contributed by atoms with Gasteiger partial charge in [-0.25, -0.2) is 0 Å². The number of nitrogens with one attached hydrogen (secondary N) is 1. The molecule has 134 valence electrons. The highest BCUT2D eigenvalue weighted by atomic mass is 16.5.